The lowest BCUT2D eigenvalue weighted by atomic mass is 10.2. The third kappa shape index (κ3) is 6.69. The number of aromatic nitrogens is 2. The van der Waals surface area contributed by atoms with Crippen LogP contribution in [0.4, 0.5) is 0 Å². The predicted molar refractivity (Wildman–Crippen MR) is 94.2 cm³/mol. The zero-order valence-corrected chi connectivity index (χ0v) is 13.5. The van der Waals surface area contributed by atoms with Crippen LogP contribution in [0.5, 0.6) is 0 Å². The molecule has 2 rings (SSSR count). The van der Waals surface area contributed by atoms with Gasteiger partial charge in [0.2, 0.25) is 0 Å². The van der Waals surface area contributed by atoms with E-state index < -0.39 is 0 Å². The van der Waals surface area contributed by atoms with Gasteiger partial charge < -0.3 is 0 Å². The molecule has 0 unspecified atom stereocenters. The van der Waals surface area contributed by atoms with Gasteiger partial charge in [-0.25, -0.2) is 10.9 Å². The Balaban J connectivity index is 1.57. The summed E-state index contributed by atoms with van der Waals surface area (Å²) in [4.78, 5) is 31.0. The molecule has 0 atom stereocenters. The molecule has 8 nitrogen and oxygen atoms in total. The first-order valence-corrected chi connectivity index (χ1v) is 7.71. The highest BCUT2D eigenvalue weighted by molar-refractivity contribution is 5.94. The van der Waals surface area contributed by atoms with Crippen molar-refractivity contribution in [3.63, 3.8) is 0 Å². The van der Waals surface area contributed by atoms with Crippen LogP contribution in [-0.4, -0.2) is 34.2 Å². The van der Waals surface area contributed by atoms with Crippen LogP contribution < -0.4 is 10.9 Å². The Hall–Kier alpha value is -3.42. The number of hydrogen-bond acceptors (Lipinski definition) is 6. The van der Waals surface area contributed by atoms with Gasteiger partial charge in [-0.2, -0.15) is 10.2 Å². The van der Waals surface area contributed by atoms with Crippen molar-refractivity contribution in [1.82, 2.24) is 20.8 Å². The second kappa shape index (κ2) is 10.4. The predicted octanol–water partition coefficient (Wildman–Crippen LogP) is 1.78. The lowest BCUT2D eigenvalue weighted by molar-refractivity contribution is 0.0947. The van der Waals surface area contributed by atoms with Crippen molar-refractivity contribution in [2.24, 2.45) is 10.2 Å². The molecule has 0 fully saturated rings. The minimum absolute atomic E-state index is 0.279. The summed E-state index contributed by atoms with van der Waals surface area (Å²) < 4.78 is 0. The van der Waals surface area contributed by atoms with E-state index in [1.807, 2.05) is 0 Å². The van der Waals surface area contributed by atoms with Crippen LogP contribution >= 0.6 is 0 Å². The van der Waals surface area contributed by atoms with Crippen molar-refractivity contribution < 1.29 is 9.59 Å². The smallest absolute Gasteiger partial charge is 0.267 e. The molecule has 0 saturated heterocycles. The maximum atomic E-state index is 11.7. The number of unbranched alkanes of at least 4 members (excludes halogenated alkanes) is 2. The van der Waals surface area contributed by atoms with Crippen LogP contribution in [0.2, 0.25) is 0 Å². The highest BCUT2D eigenvalue weighted by atomic mass is 16.2. The molecule has 0 saturated carbocycles. The van der Waals surface area contributed by atoms with Gasteiger partial charge in [-0.1, -0.05) is 0 Å². The standard InChI is InChI=1S/C17H18N6O2/c24-16(14-4-10-18-11-5-14)22-20-8-2-1-3-9-21-23-17(25)15-6-12-19-13-7-15/h4-13H,1-3H2,(H,22,24)(H,23,25)/b20-8+,21-9+. The monoisotopic (exact) mass is 338 g/mol. The minimum Gasteiger partial charge on any atom is -0.267 e. The van der Waals surface area contributed by atoms with Gasteiger partial charge in [0, 0.05) is 48.3 Å². The van der Waals surface area contributed by atoms with E-state index in [1.165, 1.54) is 0 Å². The second-order valence-corrected chi connectivity index (χ2v) is 4.91. The average molecular weight is 338 g/mol. The molecule has 2 heterocycles. The van der Waals surface area contributed by atoms with E-state index >= 15 is 0 Å². The summed E-state index contributed by atoms with van der Waals surface area (Å²) in [6.45, 7) is 0. The highest BCUT2D eigenvalue weighted by Gasteiger charge is 2.02. The van der Waals surface area contributed by atoms with E-state index in [0.29, 0.717) is 24.0 Å². The average Bonchev–Trinajstić information content (AvgIpc) is 2.67. The minimum atomic E-state index is -0.279. The molecule has 25 heavy (non-hydrogen) atoms. The van der Waals surface area contributed by atoms with Gasteiger partial charge in [-0.05, 0) is 43.5 Å². The third-order valence-corrected chi connectivity index (χ3v) is 3.07. The third-order valence-electron chi connectivity index (χ3n) is 3.07. The van der Waals surface area contributed by atoms with E-state index in [0.717, 1.165) is 6.42 Å². The molecular weight excluding hydrogens is 320 g/mol. The van der Waals surface area contributed by atoms with E-state index in [-0.39, 0.29) is 11.8 Å². The molecule has 0 aromatic carbocycles. The molecule has 0 aliphatic heterocycles. The van der Waals surface area contributed by atoms with Crippen molar-refractivity contribution in [2.75, 3.05) is 0 Å². The summed E-state index contributed by atoms with van der Waals surface area (Å²) in [6, 6.07) is 6.45. The fraction of sp³-hybridized carbons (Fsp3) is 0.176. The van der Waals surface area contributed by atoms with Gasteiger partial charge in [-0.3, -0.25) is 19.6 Å². The Morgan fingerprint density at radius 3 is 1.60 bits per heavy atom. The highest BCUT2D eigenvalue weighted by Crippen LogP contribution is 1.96. The maximum Gasteiger partial charge on any atom is 0.271 e. The number of pyridine rings is 2. The molecule has 2 aromatic rings. The summed E-state index contributed by atoms with van der Waals surface area (Å²) in [5, 5.41) is 7.74. The maximum absolute atomic E-state index is 11.7. The fourth-order valence-corrected chi connectivity index (χ4v) is 1.77. The number of carbonyl (C=O) groups is 2. The van der Waals surface area contributed by atoms with Crippen LogP contribution in [0, 0.1) is 0 Å². The molecule has 128 valence electrons. The van der Waals surface area contributed by atoms with Gasteiger partial charge in [-0.15, -0.1) is 0 Å². The van der Waals surface area contributed by atoms with Crippen molar-refractivity contribution in [3.8, 4) is 0 Å². The molecule has 2 aromatic heterocycles. The van der Waals surface area contributed by atoms with Gasteiger partial charge in [0.1, 0.15) is 0 Å². The quantitative estimate of drug-likeness (QED) is 0.434. The molecule has 8 heteroatoms. The summed E-state index contributed by atoms with van der Waals surface area (Å²) in [7, 11) is 0. The number of nitrogens with zero attached hydrogens (tertiary/aromatic N) is 4. The second-order valence-electron chi connectivity index (χ2n) is 4.91. The van der Waals surface area contributed by atoms with Crippen LogP contribution in [0.15, 0.2) is 59.3 Å². The first kappa shape index (κ1) is 17.9. The number of hydrogen-bond donors (Lipinski definition) is 2. The lowest BCUT2D eigenvalue weighted by Crippen LogP contribution is -2.17. The van der Waals surface area contributed by atoms with E-state index in [2.05, 4.69) is 31.0 Å². The Labute approximate surface area is 145 Å². The number of rotatable bonds is 8. The lowest BCUT2D eigenvalue weighted by Gasteiger charge is -1.98. The SMILES string of the molecule is O=C(N/N=C/CCC/C=N/NC(=O)c1ccncc1)c1ccncc1. The van der Waals surface area contributed by atoms with Gasteiger partial charge in [0.25, 0.3) is 11.8 Å². The molecule has 2 amide bonds. The molecule has 2 N–H and O–H groups in total. The molecule has 0 aliphatic carbocycles. The Morgan fingerprint density at radius 2 is 1.20 bits per heavy atom. The first-order valence-electron chi connectivity index (χ1n) is 7.71. The number of nitrogens with one attached hydrogen (secondary N) is 2. The van der Waals surface area contributed by atoms with Crippen molar-refractivity contribution in [2.45, 2.75) is 19.3 Å². The normalized spacial score (nSPS) is 10.9. The van der Waals surface area contributed by atoms with Gasteiger partial charge >= 0.3 is 0 Å². The number of hydrazone groups is 2. The topological polar surface area (TPSA) is 109 Å². The van der Waals surface area contributed by atoms with E-state index in [1.54, 1.807) is 61.5 Å². The molecule has 0 spiro atoms. The first-order chi connectivity index (χ1) is 12.3. The summed E-state index contributed by atoms with van der Waals surface area (Å²) in [6.07, 6.45) is 11.6. The molecule has 0 radical (unpaired) electrons. The summed E-state index contributed by atoms with van der Waals surface area (Å²) in [5.74, 6) is -0.557. The largest absolute Gasteiger partial charge is 0.271 e. The van der Waals surface area contributed by atoms with Crippen molar-refractivity contribution in [3.05, 3.63) is 60.2 Å². The van der Waals surface area contributed by atoms with Crippen LogP contribution in [0.3, 0.4) is 0 Å². The number of amides is 2. The van der Waals surface area contributed by atoms with E-state index in [4.69, 9.17) is 0 Å². The van der Waals surface area contributed by atoms with Crippen LogP contribution in [0.25, 0.3) is 0 Å². The van der Waals surface area contributed by atoms with Crippen molar-refractivity contribution in [1.29, 1.82) is 0 Å². The summed E-state index contributed by atoms with van der Waals surface area (Å²) in [5.41, 5.74) is 5.89. The van der Waals surface area contributed by atoms with Crippen molar-refractivity contribution >= 4 is 24.2 Å². The Morgan fingerprint density at radius 1 is 0.800 bits per heavy atom. The van der Waals surface area contributed by atoms with Gasteiger partial charge in [0.05, 0.1) is 0 Å². The Bertz CT molecular complexity index is 668. The zero-order chi connectivity index (χ0) is 17.7. The molecule has 0 aliphatic rings. The van der Waals surface area contributed by atoms with E-state index in [9.17, 15) is 9.59 Å². The Kier molecular flexibility index (Phi) is 7.44. The zero-order valence-electron chi connectivity index (χ0n) is 13.5. The summed E-state index contributed by atoms with van der Waals surface area (Å²) >= 11 is 0. The molecule has 0 bridgehead atoms. The number of carbonyl (C=O) groups excluding carboxylic acids is 2. The van der Waals surface area contributed by atoms with Gasteiger partial charge in [0.15, 0.2) is 0 Å². The van der Waals surface area contributed by atoms with Crippen LogP contribution in [0.1, 0.15) is 40.0 Å². The van der Waals surface area contributed by atoms with Crippen LogP contribution in [-0.2, 0) is 0 Å². The molecular formula is C17H18N6O2. The fourth-order valence-electron chi connectivity index (χ4n) is 1.77.